The van der Waals surface area contributed by atoms with Crippen molar-refractivity contribution in [2.45, 2.75) is 45.7 Å². The van der Waals surface area contributed by atoms with Crippen LogP contribution in [0.4, 0.5) is 11.4 Å². The molecule has 1 aliphatic heterocycles. The van der Waals surface area contributed by atoms with E-state index in [-0.39, 0.29) is 30.3 Å². The summed E-state index contributed by atoms with van der Waals surface area (Å²) < 4.78 is 2.01. The Labute approximate surface area is 205 Å². The minimum absolute atomic E-state index is 0.00399. The van der Waals surface area contributed by atoms with E-state index in [1.165, 1.54) is 0 Å². The van der Waals surface area contributed by atoms with Crippen molar-refractivity contribution in [3.05, 3.63) is 90.3 Å². The van der Waals surface area contributed by atoms with Gasteiger partial charge in [-0.1, -0.05) is 48.5 Å². The van der Waals surface area contributed by atoms with Crippen LogP contribution in [0.3, 0.4) is 0 Å². The highest BCUT2D eigenvalue weighted by Gasteiger charge is 2.36. The van der Waals surface area contributed by atoms with Crippen LogP contribution in [0.1, 0.15) is 37.6 Å². The second-order valence-corrected chi connectivity index (χ2v) is 9.43. The Balaban J connectivity index is 1.50. The van der Waals surface area contributed by atoms with Gasteiger partial charge in [-0.15, -0.1) is 0 Å². The monoisotopic (exact) mass is 466 g/mol. The van der Waals surface area contributed by atoms with Gasteiger partial charge in [-0.3, -0.25) is 9.59 Å². The van der Waals surface area contributed by atoms with Crippen LogP contribution < -0.4 is 9.80 Å². The van der Waals surface area contributed by atoms with Crippen LogP contribution in [-0.2, 0) is 16.1 Å². The minimum atomic E-state index is -0.0912. The molecule has 0 radical (unpaired) electrons. The summed E-state index contributed by atoms with van der Waals surface area (Å²) in [6.45, 7) is 6.78. The first kappa shape index (κ1) is 22.8. The Morgan fingerprint density at radius 3 is 2.43 bits per heavy atom. The molecular formula is C29H30N4O2. The number of aromatic nitrogens is 2. The average Bonchev–Trinajstić information content (AvgIpc) is 3.40. The van der Waals surface area contributed by atoms with E-state index >= 15 is 0 Å². The van der Waals surface area contributed by atoms with Gasteiger partial charge in [-0.2, -0.15) is 0 Å². The van der Waals surface area contributed by atoms with E-state index in [0.717, 1.165) is 33.8 Å². The third-order valence-corrected chi connectivity index (χ3v) is 6.69. The predicted octanol–water partition coefficient (Wildman–Crippen LogP) is 5.31. The van der Waals surface area contributed by atoms with Crippen molar-refractivity contribution in [2.24, 2.45) is 0 Å². The first-order chi connectivity index (χ1) is 16.9. The fourth-order valence-electron chi connectivity index (χ4n) is 5.08. The lowest BCUT2D eigenvalue weighted by molar-refractivity contribution is -0.119. The van der Waals surface area contributed by atoms with E-state index in [1.807, 2.05) is 114 Å². The van der Waals surface area contributed by atoms with E-state index in [1.54, 1.807) is 0 Å². The normalized spacial score (nSPS) is 15.8. The molecule has 0 bridgehead atoms. The number of nitrogens with zero attached hydrogens (tertiary/aromatic N) is 4. The average molecular weight is 467 g/mol. The fraction of sp³-hybridized carbons (Fsp3) is 0.276. The molecule has 1 fully saturated rings. The van der Waals surface area contributed by atoms with E-state index in [2.05, 4.69) is 0 Å². The highest BCUT2D eigenvalue weighted by atomic mass is 16.2. The summed E-state index contributed by atoms with van der Waals surface area (Å²) in [4.78, 5) is 35.3. The lowest BCUT2D eigenvalue weighted by Gasteiger charge is -2.28. The quantitative estimate of drug-likeness (QED) is 0.387. The molecule has 3 aromatic carbocycles. The number of rotatable bonds is 6. The summed E-state index contributed by atoms with van der Waals surface area (Å²) >= 11 is 0. The Morgan fingerprint density at radius 2 is 1.69 bits per heavy atom. The summed E-state index contributed by atoms with van der Waals surface area (Å²) in [5.74, 6) is 0.783. The lowest BCUT2D eigenvalue weighted by Crippen LogP contribution is -2.39. The second kappa shape index (κ2) is 9.37. The molecule has 5 rings (SSSR count). The zero-order valence-corrected chi connectivity index (χ0v) is 20.4. The molecule has 0 aliphatic carbocycles. The number of benzene rings is 3. The third-order valence-electron chi connectivity index (χ3n) is 6.69. The summed E-state index contributed by atoms with van der Waals surface area (Å²) in [7, 11) is 0. The van der Waals surface area contributed by atoms with E-state index in [0.29, 0.717) is 13.0 Å². The highest BCUT2D eigenvalue weighted by Crippen LogP contribution is 2.34. The second-order valence-electron chi connectivity index (χ2n) is 9.43. The molecule has 4 aromatic rings. The molecule has 6 nitrogen and oxygen atoms in total. The van der Waals surface area contributed by atoms with Crippen LogP contribution in [0.15, 0.2) is 78.9 Å². The highest BCUT2D eigenvalue weighted by molar-refractivity contribution is 5.97. The molecule has 1 saturated heterocycles. The van der Waals surface area contributed by atoms with Crippen molar-refractivity contribution in [1.29, 1.82) is 0 Å². The van der Waals surface area contributed by atoms with Crippen LogP contribution in [0, 0.1) is 6.92 Å². The summed E-state index contributed by atoms with van der Waals surface area (Å²) in [5.41, 5.74) is 4.64. The van der Waals surface area contributed by atoms with Gasteiger partial charge >= 0.3 is 0 Å². The van der Waals surface area contributed by atoms with Gasteiger partial charge in [-0.05, 0) is 56.7 Å². The molecule has 1 aromatic heterocycles. The number of amides is 2. The van der Waals surface area contributed by atoms with Gasteiger partial charge in [0.1, 0.15) is 12.4 Å². The topological polar surface area (TPSA) is 58.4 Å². The fourth-order valence-corrected chi connectivity index (χ4v) is 5.08. The molecule has 178 valence electrons. The lowest BCUT2D eigenvalue weighted by atomic mass is 10.1. The van der Waals surface area contributed by atoms with Gasteiger partial charge < -0.3 is 14.4 Å². The van der Waals surface area contributed by atoms with Crippen LogP contribution >= 0.6 is 0 Å². The number of fused-ring (bicyclic) bond motifs is 1. The first-order valence-electron chi connectivity index (χ1n) is 12.1. The summed E-state index contributed by atoms with van der Waals surface area (Å²) in [6, 6.07) is 25.6. The van der Waals surface area contributed by atoms with Gasteiger partial charge in [0.15, 0.2) is 0 Å². The number of imidazole rings is 1. The van der Waals surface area contributed by atoms with Gasteiger partial charge in [0.2, 0.25) is 11.8 Å². The predicted molar refractivity (Wildman–Crippen MR) is 140 cm³/mol. The van der Waals surface area contributed by atoms with Gasteiger partial charge in [0, 0.05) is 36.3 Å². The van der Waals surface area contributed by atoms with Crippen molar-refractivity contribution < 1.29 is 9.59 Å². The number of hydrogen-bond donors (Lipinski definition) is 0. The smallest absolute Gasteiger partial charge is 0.247 e. The third kappa shape index (κ3) is 4.32. The van der Waals surface area contributed by atoms with Crippen LogP contribution in [-0.4, -0.2) is 34.0 Å². The van der Waals surface area contributed by atoms with Gasteiger partial charge in [-0.25, -0.2) is 4.98 Å². The Kier molecular flexibility index (Phi) is 6.12. The van der Waals surface area contributed by atoms with Gasteiger partial charge in [0.05, 0.1) is 11.0 Å². The molecule has 0 spiro atoms. The molecule has 1 aliphatic rings. The van der Waals surface area contributed by atoms with Crippen molar-refractivity contribution in [3.63, 3.8) is 0 Å². The Hall–Kier alpha value is -3.93. The standard InChI is InChI=1S/C29H30N4O2/c1-20(2)33(23-12-5-4-6-13-23)28(35)19-32-26-16-10-8-14-24(26)30-29(32)22-17-27(34)31(18-22)25-15-9-7-11-21(25)3/h4-16,20,22H,17-19H2,1-3H3/t22-/m0/s1. The molecule has 6 heteroatoms. The maximum atomic E-state index is 13.7. The summed E-state index contributed by atoms with van der Waals surface area (Å²) in [5, 5.41) is 0. The van der Waals surface area contributed by atoms with Crippen molar-refractivity contribution in [1.82, 2.24) is 9.55 Å². The van der Waals surface area contributed by atoms with Crippen molar-refractivity contribution in [3.8, 4) is 0 Å². The molecular weight excluding hydrogens is 436 g/mol. The van der Waals surface area contributed by atoms with E-state index in [9.17, 15) is 9.59 Å². The number of carbonyl (C=O) groups excluding carboxylic acids is 2. The maximum Gasteiger partial charge on any atom is 0.247 e. The largest absolute Gasteiger partial charge is 0.318 e. The maximum absolute atomic E-state index is 13.7. The van der Waals surface area contributed by atoms with E-state index in [4.69, 9.17) is 4.98 Å². The molecule has 2 amide bonds. The molecule has 0 unspecified atom stereocenters. The van der Waals surface area contributed by atoms with Gasteiger partial charge in [0.25, 0.3) is 0 Å². The number of anilines is 2. The molecule has 2 heterocycles. The first-order valence-corrected chi connectivity index (χ1v) is 12.1. The molecule has 35 heavy (non-hydrogen) atoms. The molecule has 0 saturated carbocycles. The Bertz CT molecular complexity index is 1380. The molecule has 1 atom stereocenters. The van der Waals surface area contributed by atoms with Crippen molar-refractivity contribution in [2.75, 3.05) is 16.3 Å². The number of carbonyl (C=O) groups is 2. The van der Waals surface area contributed by atoms with Crippen LogP contribution in [0.5, 0.6) is 0 Å². The SMILES string of the molecule is Cc1ccccc1N1C[C@@H](c2nc3ccccc3n2CC(=O)N(c2ccccc2)C(C)C)CC1=O. The number of aryl methyl sites for hydroxylation is 1. The molecule has 0 N–H and O–H groups in total. The Morgan fingerprint density at radius 1 is 1.00 bits per heavy atom. The van der Waals surface area contributed by atoms with Crippen LogP contribution in [0.2, 0.25) is 0 Å². The zero-order chi connectivity index (χ0) is 24.5. The minimum Gasteiger partial charge on any atom is -0.318 e. The van der Waals surface area contributed by atoms with Crippen LogP contribution in [0.25, 0.3) is 11.0 Å². The number of para-hydroxylation sites is 4. The van der Waals surface area contributed by atoms with Crippen molar-refractivity contribution >= 4 is 34.2 Å². The number of hydrogen-bond acceptors (Lipinski definition) is 3. The summed E-state index contributed by atoms with van der Waals surface area (Å²) in [6.07, 6.45) is 0.373. The van der Waals surface area contributed by atoms with E-state index < -0.39 is 0 Å². The zero-order valence-electron chi connectivity index (χ0n) is 20.4.